The third kappa shape index (κ3) is 2.62. The summed E-state index contributed by atoms with van der Waals surface area (Å²) in [7, 11) is 1.57. The van der Waals surface area contributed by atoms with Gasteiger partial charge >= 0.3 is 0 Å². The van der Waals surface area contributed by atoms with Gasteiger partial charge < -0.3 is 10.1 Å². The predicted octanol–water partition coefficient (Wildman–Crippen LogP) is 2.71. The predicted molar refractivity (Wildman–Crippen MR) is 67.8 cm³/mol. The van der Waals surface area contributed by atoms with E-state index in [1.54, 1.807) is 25.3 Å². The maximum Gasteiger partial charge on any atom is 0.275 e. The van der Waals surface area contributed by atoms with Gasteiger partial charge in [0.15, 0.2) is 0 Å². The lowest BCUT2D eigenvalue weighted by molar-refractivity contribution is 0.102. The molecule has 0 saturated heterocycles. The highest BCUT2D eigenvalue weighted by atomic mass is 32.1. The normalized spacial score (nSPS) is 10.0. The molecule has 0 bridgehead atoms. The van der Waals surface area contributed by atoms with Gasteiger partial charge in [0.25, 0.3) is 5.91 Å². The maximum absolute atomic E-state index is 11.9. The maximum atomic E-state index is 11.9. The first-order chi connectivity index (χ1) is 8.20. The lowest BCUT2D eigenvalue weighted by Gasteiger charge is -2.08. The quantitative estimate of drug-likeness (QED) is 0.908. The summed E-state index contributed by atoms with van der Waals surface area (Å²) in [4.78, 5) is 12.9. The summed E-state index contributed by atoms with van der Waals surface area (Å²) < 4.78 is 9.21. The van der Waals surface area contributed by atoms with E-state index in [0.29, 0.717) is 17.1 Å². The SMILES string of the molecule is COc1ccccc1NC(=O)c1cc(C)sn1. The van der Waals surface area contributed by atoms with E-state index in [4.69, 9.17) is 4.74 Å². The summed E-state index contributed by atoms with van der Waals surface area (Å²) in [6.45, 7) is 1.91. The summed E-state index contributed by atoms with van der Waals surface area (Å²) in [5.41, 5.74) is 1.07. The summed E-state index contributed by atoms with van der Waals surface area (Å²) in [5, 5.41) is 2.77. The summed E-state index contributed by atoms with van der Waals surface area (Å²) in [6.07, 6.45) is 0. The van der Waals surface area contributed by atoms with Crippen LogP contribution in [0.4, 0.5) is 5.69 Å². The van der Waals surface area contributed by atoms with Gasteiger partial charge in [-0.15, -0.1) is 0 Å². The van der Waals surface area contributed by atoms with Gasteiger partial charge in [-0.3, -0.25) is 4.79 Å². The Morgan fingerprint density at radius 3 is 2.82 bits per heavy atom. The number of rotatable bonds is 3. The van der Waals surface area contributed by atoms with Crippen LogP contribution in [0, 0.1) is 6.92 Å². The molecule has 0 unspecified atom stereocenters. The van der Waals surface area contributed by atoms with Crippen molar-refractivity contribution in [1.29, 1.82) is 0 Å². The molecule has 1 heterocycles. The van der Waals surface area contributed by atoms with E-state index in [1.165, 1.54) is 11.5 Å². The molecule has 2 rings (SSSR count). The third-order valence-electron chi connectivity index (χ3n) is 2.22. The molecule has 0 aliphatic heterocycles. The van der Waals surface area contributed by atoms with Gasteiger partial charge in [0.1, 0.15) is 11.4 Å². The van der Waals surface area contributed by atoms with Crippen LogP contribution >= 0.6 is 11.5 Å². The van der Waals surface area contributed by atoms with Gasteiger partial charge in [-0.25, -0.2) is 0 Å². The lowest BCUT2D eigenvalue weighted by Crippen LogP contribution is -2.12. The zero-order valence-corrected chi connectivity index (χ0v) is 10.4. The Labute approximate surface area is 103 Å². The Kier molecular flexibility index (Phi) is 3.39. The molecular weight excluding hydrogens is 236 g/mol. The van der Waals surface area contributed by atoms with Crippen molar-refractivity contribution in [2.45, 2.75) is 6.92 Å². The molecule has 1 amide bonds. The topological polar surface area (TPSA) is 51.2 Å². The number of hydrogen-bond acceptors (Lipinski definition) is 4. The minimum atomic E-state index is -0.223. The highest BCUT2D eigenvalue weighted by Gasteiger charge is 2.11. The Morgan fingerprint density at radius 2 is 2.18 bits per heavy atom. The molecule has 0 atom stereocenters. The van der Waals surface area contributed by atoms with Crippen molar-refractivity contribution in [2.75, 3.05) is 12.4 Å². The van der Waals surface area contributed by atoms with Crippen LogP contribution in [0.5, 0.6) is 5.75 Å². The number of methoxy groups -OCH3 is 1. The van der Waals surface area contributed by atoms with Crippen molar-refractivity contribution in [1.82, 2.24) is 4.37 Å². The first kappa shape index (κ1) is 11.6. The monoisotopic (exact) mass is 248 g/mol. The van der Waals surface area contributed by atoms with Crippen LogP contribution in [0.15, 0.2) is 30.3 Å². The number of aryl methyl sites for hydroxylation is 1. The number of hydrogen-bond donors (Lipinski definition) is 1. The average Bonchev–Trinajstić information content (AvgIpc) is 2.77. The molecular formula is C12H12N2O2S. The number of benzene rings is 1. The van der Waals surface area contributed by atoms with E-state index in [1.807, 2.05) is 19.1 Å². The highest BCUT2D eigenvalue weighted by molar-refractivity contribution is 7.05. The molecule has 17 heavy (non-hydrogen) atoms. The molecule has 1 aromatic carbocycles. The fraction of sp³-hybridized carbons (Fsp3) is 0.167. The number of carbonyl (C=O) groups is 1. The first-order valence-corrected chi connectivity index (χ1v) is 5.85. The molecule has 2 aromatic rings. The molecule has 0 spiro atoms. The van der Waals surface area contributed by atoms with Gasteiger partial charge in [0.05, 0.1) is 12.8 Å². The molecule has 0 radical (unpaired) electrons. The molecule has 1 N–H and O–H groups in total. The second-order valence-corrected chi connectivity index (χ2v) is 4.49. The molecule has 0 aliphatic rings. The number of carbonyl (C=O) groups excluding carboxylic acids is 1. The molecule has 0 fully saturated rings. The van der Waals surface area contributed by atoms with Crippen LogP contribution in [0.25, 0.3) is 0 Å². The van der Waals surface area contributed by atoms with E-state index >= 15 is 0 Å². The van der Waals surface area contributed by atoms with Crippen molar-refractivity contribution < 1.29 is 9.53 Å². The highest BCUT2D eigenvalue weighted by Crippen LogP contribution is 2.23. The van der Waals surface area contributed by atoms with Gasteiger partial charge in [-0.1, -0.05) is 12.1 Å². The van der Waals surface area contributed by atoms with E-state index in [0.717, 1.165) is 4.88 Å². The standard InChI is InChI=1S/C12H12N2O2S/c1-8-7-10(14-17-8)12(15)13-9-5-3-4-6-11(9)16-2/h3-7H,1-2H3,(H,13,15). The minimum absolute atomic E-state index is 0.223. The molecule has 88 valence electrons. The molecule has 4 nitrogen and oxygen atoms in total. The Morgan fingerprint density at radius 1 is 1.41 bits per heavy atom. The largest absolute Gasteiger partial charge is 0.495 e. The molecule has 0 aliphatic carbocycles. The zero-order valence-electron chi connectivity index (χ0n) is 9.56. The van der Waals surface area contributed by atoms with Crippen LogP contribution in [-0.2, 0) is 0 Å². The first-order valence-electron chi connectivity index (χ1n) is 5.08. The summed E-state index contributed by atoms with van der Waals surface area (Å²) in [5.74, 6) is 0.409. The number of nitrogens with one attached hydrogen (secondary N) is 1. The van der Waals surface area contributed by atoms with Crippen molar-refractivity contribution >= 4 is 23.1 Å². The summed E-state index contributed by atoms with van der Waals surface area (Å²) in [6, 6.07) is 9.03. The number of amides is 1. The second-order valence-electron chi connectivity index (χ2n) is 3.48. The molecule has 1 aromatic heterocycles. The molecule has 5 heteroatoms. The summed E-state index contributed by atoms with van der Waals surface area (Å²) >= 11 is 1.31. The van der Waals surface area contributed by atoms with Crippen LogP contribution < -0.4 is 10.1 Å². The number of ether oxygens (including phenoxy) is 1. The molecule has 0 saturated carbocycles. The van der Waals surface area contributed by atoms with Crippen LogP contribution in [-0.4, -0.2) is 17.4 Å². The number of nitrogens with zero attached hydrogens (tertiary/aromatic N) is 1. The van der Waals surface area contributed by atoms with Crippen molar-refractivity contribution in [3.8, 4) is 5.75 Å². The Bertz CT molecular complexity index is 537. The van der Waals surface area contributed by atoms with E-state index in [-0.39, 0.29) is 5.91 Å². The third-order valence-corrected chi connectivity index (χ3v) is 2.91. The number of anilines is 1. The minimum Gasteiger partial charge on any atom is -0.495 e. The van der Waals surface area contributed by atoms with Crippen LogP contribution in [0.2, 0.25) is 0 Å². The lowest BCUT2D eigenvalue weighted by atomic mass is 10.2. The zero-order chi connectivity index (χ0) is 12.3. The fourth-order valence-corrected chi connectivity index (χ4v) is 1.95. The van der Waals surface area contributed by atoms with Gasteiger partial charge in [0, 0.05) is 4.88 Å². The van der Waals surface area contributed by atoms with E-state index < -0.39 is 0 Å². The van der Waals surface area contributed by atoms with E-state index in [2.05, 4.69) is 9.69 Å². The van der Waals surface area contributed by atoms with Crippen molar-refractivity contribution in [3.05, 3.63) is 40.9 Å². The van der Waals surface area contributed by atoms with Crippen molar-refractivity contribution in [2.24, 2.45) is 0 Å². The second kappa shape index (κ2) is 4.97. The number of para-hydroxylation sites is 2. The fourth-order valence-electron chi connectivity index (χ4n) is 1.41. The Balaban J connectivity index is 2.18. The average molecular weight is 248 g/mol. The van der Waals surface area contributed by atoms with Crippen LogP contribution in [0.3, 0.4) is 0 Å². The van der Waals surface area contributed by atoms with Gasteiger partial charge in [-0.2, -0.15) is 4.37 Å². The van der Waals surface area contributed by atoms with Crippen molar-refractivity contribution in [3.63, 3.8) is 0 Å². The smallest absolute Gasteiger partial charge is 0.275 e. The van der Waals surface area contributed by atoms with Gasteiger partial charge in [-0.05, 0) is 36.7 Å². The van der Waals surface area contributed by atoms with E-state index in [9.17, 15) is 4.79 Å². The van der Waals surface area contributed by atoms with Gasteiger partial charge in [0.2, 0.25) is 0 Å². The number of aromatic nitrogens is 1. The van der Waals surface area contributed by atoms with Crippen LogP contribution in [0.1, 0.15) is 15.4 Å². The Hall–Kier alpha value is -1.88.